The van der Waals surface area contributed by atoms with Gasteiger partial charge in [0.25, 0.3) is 0 Å². The average Bonchev–Trinajstić information content (AvgIpc) is 2.83. The summed E-state index contributed by atoms with van der Waals surface area (Å²) in [5.41, 5.74) is 0.464. The monoisotopic (exact) mass is 460 g/mol. The van der Waals surface area contributed by atoms with Gasteiger partial charge in [-0.25, -0.2) is 13.5 Å². The quantitative estimate of drug-likeness (QED) is 0.219. The van der Waals surface area contributed by atoms with E-state index >= 15 is 0 Å². The Morgan fingerprint density at radius 3 is 2.67 bits per heavy atom. The lowest BCUT2D eigenvalue weighted by Gasteiger charge is -2.12. The lowest BCUT2D eigenvalue weighted by atomic mass is 10.1. The first-order chi connectivity index (χ1) is 15.9. The Morgan fingerprint density at radius 1 is 1.18 bits per heavy atom. The maximum absolute atomic E-state index is 14.8. The zero-order valence-corrected chi connectivity index (χ0v) is 18.8. The third-order valence-electron chi connectivity index (χ3n) is 4.52. The number of oxime groups is 1. The van der Waals surface area contributed by atoms with Crippen LogP contribution in [0.25, 0.3) is 10.9 Å². The number of halogens is 3. The molecular formula is C23H27F3N6O. The lowest BCUT2D eigenvalue weighted by molar-refractivity contribution is 0.138. The molecule has 7 nitrogen and oxygen atoms in total. The molecule has 10 heteroatoms. The normalized spacial score (nSPS) is 11.2. The summed E-state index contributed by atoms with van der Waals surface area (Å²) in [7, 11) is 0. The molecular weight excluding hydrogens is 433 g/mol. The van der Waals surface area contributed by atoms with Crippen LogP contribution >= 0.6 is 0 Å². The van der Waals surface area contributed by atoms with Crippen molar-refractivity contribution in [2.45, 2.75) is 40.0 Å². The van der Waals surface area contributed by atoms with Crippen LogP contribution in [-0.2, 0) is 11.3 Å². The van der Waals surface area contributed by atoms with E-state index in [0.717, 1.165) is 10.7 Å². The zero-order valence-electron chi connectivity index (χ0n) is 18.8. The van der Waals surface area contributed by atoms with Crippen LogP contribution in [0.2, 0.25) is 0 Å². The molecule has 0 fully saturated rings. The fourth-order valence-corrected chi connectivity index (χ4v) is 2.87. The maximum atomic E-state index is 14.8. The van der Waals surface area contributed by atoms with Gasteiger partial charge in [0.1, 0.15) is 41.0 Å². The number of nitrogens with one attached hydrogen (secondary N) is 2. The number of unbranched alkanes of at least 4 members (excludes halogenated alkanes) is 1. The minimum absolute atomic E-state index is 0.131. The number of fused-ring (bicyclic) bond motifs is 1. The van der Waals surface area contributed by atoms with E-state index in [1.54, 1.807) is 13.0 Å². The Hall–Kier alpha value is -3.56. The molecule has 3 aromatic rings. The second kappa shape index (κ2) is 12.5. The van der Waals surface area contributed by atoms with Gasteiger partial charge >= 0.3 is 0 Å². The van der Waals surface area contributed by atoms with Crippen LogP contribution in [0.3, 0.4) is 0 Å². The Morgan fingerprint density at radius 2 is 1.94 bits per heavy atom. The lowest BCUT2D eigenvalue weighted by Crippen LogP contribution is -2.31. The number of alkyl halides is 1. The molecule has 0 bridgehead atoms. The molecule has 3 rings (SSSR count). The van der Waals surface area contributed by atoms with Crippen molar-refractivity contribution < 1.29 is 18.0 Å². The molecule has 0 atom stereocenters. The van der Waals surface area contributed by atoms with Crippen molar-refractivity contribution in [1.82, 2.24) is 14.8 Å². The topological polar surface area (TPSA) is 100 Å². The van der Waals surface area contributed by atoms with E-state index in [4.69, 9.17) is 15.7 Å². The first-order valence-electron chi connectivity index (χ1n) is 10.6. The van der Waals surface area contributed by atoms with Crippen LogP contribution < -0.4 is 5.49 Å². The van der Waals surface area contributed by atoms with Gasteiger partial charge in [-0.05, 0) is 44.0 Å². The van der Waals surface area contributed by atoms with Gasteiger partial charge in [-0.2, -0.15) is 5.10 Å². The van der Waals surface area contributed by atoms with Crippen molar-refractivity contribution in [2.24, 2.45) is 5.16 Å². The van der Waals surface area contributed by atoms with Gasteiger partial charge in [-0.3, -0.25) is 20.2 Å². The molecule has 0 saturated carbocycles. The van der Waals surface area contributed by atoms with Crippen LogP contribution in [0.4, 0.5) is 13.2 Å². The highest BCUT2D eigenvalue weighted by Crippen LogP contribution is 2.23. The third-order valence-corrected chi connectivity index (χ3v) is 4.52. The van der Waals surface area contributed by atoms with Crippen LogP contribution in [0.5, 0.6) is 0 Å². The maximum Gasteiger partial charge on any atom is 0.148 e. The molecule has 0 spiro atoms. The largest absolute Gasteiger partial charge is 0.396 e. The van der Waals surface area contributed by atoms with E-state index in [-0.39, 0.29) is 34.4 Å². The molecule has 33 heavy (non-hydrogen) atoms. The third kappa shape index (κ3) is 6.47. The van der Waals surface area contributed by atoms with Crippen molar-refractivity contribution in [3.8, 4) is 0 Å². The van der Waals surface area contributed by atoms with Gasteiger partial charge in [0, 0.05) is 29.6 Å². The minimum atomic E-state index is -0.823. The predicted octanol–water partition coefficient (Wildman–Crippen LogP) is 4.77. The summed E-state index contributed by atoms with van der Waals surface area (Å²) in [4.78, 5) is 9.06. The molecule has 0 amide bonds. The van der Waals surface area contributed by atoms with Gasteiger partial charge < -0.3 is 4.84 Å². The van der Waals surface area contributed by atoms with Gasteiger partial charge in [0.05, 0.1) is 12.2 Å². The highest BCUT2D eigenvalue weighted by atomic mass is 19.1. The molecule has 0 aliphatic rings. The molecule has 0 radical (unpaired) electrons. The highest BCUT2D eigenvalue weighted by Gasteiger charge is 2.17. The number of pyridine rings is 1. The standard InChI is InChI=1S/C21H21F3N6O.C2H6/c1-13(29-31-10-3-2-8-22)17-6-7-19(25)30(28-17)20(26)11-15-16(23)12-18-14(21(15)24)5-4-9-27-18;1-2/h4-7,9,12,25-26H,2-3,8,10-11H2,1H3;1-2H3/b25-19?,26-20?,29-13+;. The number of nitrogens with zero attached hydrogens (tertiary/aromatic N) is 4. The van der Waals surface area contributed by atoms with Crippen LogP contribution in [0.1, 0.15) is 44.9 Å². The van der Waals surface area contributed by atoms with Crippen molar-refractivity contribution in [3.05, 3.63) is 64.9 Å². The fraction of sp³-hybridized carbons (Fsp3) is 0.348. The first kappa shape index (κ1) is 25.7. The van der Waals surface area contributed by atoms with E-state index < -0.39 is 24.7 Å². The molecule has 0 aliphatic carbocycles. The van der Waals surface area contributed by atoms with E-state index in [2.05, 4.69) is 15.2 Å². The SMILES string of the molecule is C/C(=N\OCCCCF)c1ccc(=N)n(C(=N)Cc2c(F)cc3ncccc3c2F)n1.CC. The summed E-state index contributed by atoms with van der Waals surface area (Å²) in [5.74, 6) is -1.91. The smallest absolute Gasteiger partial charge is 0.148 e. The number of rotatable bonds is 8. The molecule has 2 heterocycles. The molecule has 2 N–H and O–H groups in total. The summed E-state index contributed by atoms with van der Waals surface area (Å²) in [6, 6.07) is 7.07. The summed E-state index contributed by atoms with van der Waals surface area (Å²) in [6.07, 6.45) is 1.94. The Kier molecular flexibility index (Phi) is 9.71. The number of aromatic nitrogens is 3. The van der Waals surface area contributed by atoms with E-state index in [0.29, 0.717) is 24.2 Å². The van der Waals surface area contributed by atoms with Gasteiger partial charge in [0.15, 0.2) is 0 Å². The van der Waals surface area contributed by atoms with Gasteiger partial charge in [-0.1, -0.05) is 19.0 Å². The molecule has 1 aromatic carbocycles. The van der Waals surface area contributed by atoms with Crippen LogP contribution in [-0.4, -0.2) is 39.6 Å². The first-order valence-corrected chi connectivity index (χ1v) is 10.6. The number of hydrogen-bond acceptors (Lipinski definition) is 6. The highest BCUT2D eigenvalue weighted by molar-refractivity contribution is 5.96. The van der Waals surface area contributed by atoms with Crippen LogP contribution in [0, 0.1) is 22.5 Å². The van der Waals surface area contributed by atoms with Crippen molar-refractivity contribution in [3.63, 3.8) is 0 Å². The zero-order chi connectivity index (χ0) is 24.4. The number of hydrogen-bond donors (Lipinski definition) is 2. The molecule has 0 saturated heterocycles. The summed E-state index contributed by atoms with van der Waals surface area (Å²) < 4.78 is 42.4. The van der Waals surface area contributed by atoms with E-state index in [9.17, 15) is 13.2 Å². The summed E-state index contributed by atoms with van der Waals surface area (Å²) in [6.45, 7) is 5.46. The van der Waals surface area contributed by atoms with Crippen LogP contribution in [0.15, 0.2) is 41.7 Å². The number of benzene rings is 1. The van der Waals surface area contributed by atoms with Gasteiger partial charge in [-0.15, -0.1) is 0 Å². The van der Waals surface area contributed by atoms with E-state index in [1.807, 2.05) is 13.8 Å². The minimum Gasteiger partial charge on any atom is -0.396 e. The fourth-order valence-electron chi connectivity index (χ4n) is 2.87. The Balaban J connectivity index is 0.00000187. The molecule has 0 aliphatic heterocycles. The average molecular weight is 461 g/mol. The Labute approximate surface area is 189 Å². The predicted molar refractivity (Wildman–Crippen MR) is 121 cm³/mol. The van der Waals surface area contributed by atoms with Crippen molar-refractivity contribution >= 4 is 22.5 Å². The van der Waals surface area contributed by atoms with Crippen molar-refractivity contribution in [2.75, 3.05) is 13.3 Å². The van der Waals surface area contributed by atoms with Gasteiger partial charge in [0.2, 0.25) is 0 Å². The molecule has 2 aromatic heterocycles. The summed E-state index contributed by atoms with van der Waals surface area (Å²) in [5, 5.41) is 24.5. The van der Waals surface area contributed by atoms with E-state index in [1.165, 1.54) is 24.4 Å². The second-order valence-corrected chi connectivity index (χ2v) is 6.77. The molecule has 176 valence electrons. The second-order valence-electron chi connectivity index (χ2n) is 6.77. The Bertz CT molecular complexity index is 1190. The summed E-state index contributed by atoms with van der Waals surface area (Å²) >= 11 is 0. The molecule has 0 unspecified atom stereocenters. The van der Waals surface area contributed by atoms with Crippen molar-refractivity contribution in [1.29, 1.82) is 10.8 Å².